The lowest BCUT2D eigenvalue weighted by Crippen LogP contribution is -2.47. The Balaban J connectivity index is 1.63. The van der Waals surface area contributed by atoms with Crippen molar-refractivity contribution in [3.8, 4) is 0 Å². The van der Waals surface area contributed by atoms with Crippen molar-refractivity contribution in [1.29, 1.82) is 0 Å². The molecule has 1 amide bonds. The number of pyridine rings is 1. The number of hydrogen-bond acceptors (Lipinski definition) is 5. The minimum Gasteiger partial charge on any atom is -0.355 e. The number of carbonyl (C=O) groups excluding carboxylic acids is 1. The molecule has 2 aliphatic heterocycles. The molecule has 29 heavy (non-hydrogen) atoms. The lowest BCUT2D eigenvalue weighted by molar-refractivity contribution is -0.138. The number of aromatic nitrogens is 1. The number of hydrogen-bond donors (Lipinski definition) is 0. The molecule has 0 aromatic carbocycles. The quantitative estimate of drug-likeness (QED) is 0.701. The SMILES string of the molecule is CCN(C(=O)C1CCN(c2ncc(C(F)(F)F)cc2Cl)CC1)[C@@H]1CCS(=O)(=O)C1. The number of rotatable bonds is 4. The molecule has 11 heteroatoms. The summed E-state index contributed by atoms with van der Waals surface area (Å²) in [5.41, 5.74) is -0.901. The van der Waals surface area contributed by atoms with Crippen LogP contribution in [0, 0.1) is 5.92 Å². The van der Waals surface area contributed by atoms with E-state index in [1.165, 1.54) is 0 Å². The second-order valence-corrected chi connectivity index (χ2v) is 10.1. The van der Waals surface area contributed by atoms with E-state index >= 15 is 0 Å². The third-order valence-corrected chi connectivity index (χ3v) is 7.59. The normalized spacial score (nSPS) is 22.7. The molecule has 0 radical (unpaired) electrons. The van der Waals surface area contributed by atoms with Gasteiger partial charge in [0.15, 0.2) is 9.84 Å². The first-order valence-electron chi connectivity index (χ1n) is 9.50. The van der Waals surface area contributed by atoms with Crippen LogP contribution in [0.4, 0.5) is 19.0 Å². The standard InChI is InChI=1S/C18H23ClF3N3O3S/c1-2-25(14-5-8-29(27,28)11-14)17(26)12-3-6-24(7-4-12)16-15(19)9-13(10-23-16)18(20,21)22/h9-10,12,14H,2-8,11H2,1H3/t14-/m1/s1. The Labute approximate surface area is 172 Å². The first-order chi connectivity index (χ1) is 13.5. The van der Waals surface area contributed by atoms with Crippen molar-refractivity contribution >= 4 is 33.2 Å². The first kappa shape index (κ1) is 22.1. The van der Waals surface area contributed by atoms with Gasteiger partial charge in [0.05, 0.1) is 22.1 Å². The highest BCUT2D eigenvalue weighted by molar-refractivity contribution is 7.91. The number of amides is 1. The van der Waals surface area contributed by atoms with Crippen LogP contribution < -0.4 is 4.90 Å². The Hall–Kier alpha value is -1.55. The van der Waals surface area contributed by atoms with Gasteiger partial charge in [-0.15, -0.1) is 0 Å². The van der Waals surface area contributed by atoms with Crippen molar-refractivity contribution in [2.75, 3.05) is 36.0 Å². The maximum atomic E-state index is 12.9. The van der Waals surface area contributed by atoms with E-state index in [2.05, 4.69) is 4.98 Å². The summed E-state index contributed by atoms with van der Waals surface area (Å²) in [6.45, 7) is 3.17. The van der Waals surface area contributed by atoms with E-state index in [9.17, 15) is 26.4 Å². The molecule has 0 saturated carbocycles. The van der Waals surface area contributed by atoms with Crippen LogP contribution in [0.15, 0.2) is 12.3 Å². The molecule has 1 atom stereocenters. The summed E-state index contributed by atoms with van der Waals surface area (Å²) in [6, 6.07) is 0.585. The Morgan fingerprint density at radius 1 is 1.31 bits per heavy atom. The Kier molecular flexibility index (Phi) is 6.33. The van der Waals surface area contributed by atoms with Gasteiger partial charge in [0.25, 0.3) is 0 Å². The van der Waals surface area contributed by atoms with Crippen molar-refractivity contribution in [3.63, 3.8) is 0 Å². The monoisotopic (exact) mass is 453 g/mol. The number of anilines is 1. The van der Waals surface area contributed by atoms with Gasteiger partial charge in [-0.3, -0.25) is 4.79 Å². The summed E-state index contributed by atoms with van der Waals surface area (Å²) >= 11 is 6.02. The molecule has 6 nitrogen and oxygen atoms in total. The van der Waals surface area contributed by atoms with E-state index in [4.69, 9.17) is 11.6 Å². The average molecular weight is 454 g/mol. The van der Waals surface area contributed by atoms with Crippen molar-refractivity contribution in [3.05, 3.63) is 22.8 Å². The van der Waals surface area contributed by atoms with E-state index in [-0.39, 0.29) is 40.2 Å². The Bertz CT molecular complexity index is 871. The molecule has 0 aliphatic carbocycles. The number of piperidine rings is 1. The number of carbonyl (C=O) groups is 1. The highest BCUT2D eigenvalue weighted by Gasteiger charge is 2.37. The smallest absolute Gasteiger partial charge is 0.355 e. The number of nitrogens with zero attached hydrogens (tertiary/aromatic N) is 3. The minimum absolute atomic E-state index is 0.0104. The maximum Gasteiger partial charge on any atom is 0.417 e. The van der Waals surface area contributed by atoms with E-state index < -0.39 is 21.6 Å². The molecule has 2 saturated heterocycles. The van der Waals surface area contributed by atoms with Gasteiger partial charge in [-0.25, -0.2) is 13.4 Å². The summed E-state index contributed by atoms with van der Waals surface area (Å²) in [5, 5.41) is -0.0732. The van der Waals surface area contributed by atoms with Crippen molar-refractivity contribution < 1.29 is 26.4 Å². The van der Waals surface area contributed by atoms with Gasteiger partial charge < -0.3 is 9.80 Å². The molecule has 1 aromatic rings. The topological polar surface area (TPSA) is 70.6 Å². The van der Waals surface area contributed by atoms with Gasteiger partial charge in [-0.1, -0.05) is 11.6 Å². The van der Waals surface area contributed by atoms with Gasteiger partial charge in [0, 0.05) is 37.8 Å². The fourth-order valence-corrected chi connectivity index (χ4v) is 6.02. The molecule has 1 aromatic heterocycles. The molecule has 3 rings (SSSR count). The largest absolute Gasteiger partial charge is 0.417 e. The second kappa shape index (κ2) is 8.29. The molecule has 0 bridgehead atoms. The molecular formula is C18H23ClF3N3O3S. The van der Waals surface area contributed by atoms with Crippen LogP contribution in [0.1, 0.15) is 31.7 Å². The van der Waals surface area contributed by atoms with Crippen LogP contribution in [-0.4, -0.2) is 61.4 Å². The van der Waals surface area contributed by atoms with Crippen molar-refractivity contribution in [1.82, 2.24) is 9.88 Å². The second-order valence-electron chi connectivity index (χ2n) is 7.47. The van der Waals surface area contributed by atoms with Crippen LogP contribution in [0.25, 0.3) is 0 Å². The zero-order valence-corrected chi connectivity index (χ0v) is 17.5. The minimum atomic E-state index is -4.51. The lowest BCUT2D eigenvalue weighted by atomic mass is 9.94. The fraction of sp³-hybridized carbons (Fsp3) is 0.667. The molecule has 162 valence electrons. The Morgan fingerprint density at radius 3 is 2.45 bits per heavy atom. The molecule has 3 heterocycles. The number of sulfone groups is 1. The third-order valence-electron chi connectivity index (χ3n) is 5.57. The van der Waals surface area contributed by atoms with Crippen molar-refractivity contribution in [2.45, 2.75) is 38.4 Å². The fourth-order valence-electron chi connectivity index (χ4n) is 4.01. The predicted molar refractivity (Wildman–Crippen MR) is 104 cm³/mol. The summed E-state index contributed by atoms with van der Waals surface area (Å²) in [7, 11) is -3.08. The summed E-state index contributed by atoms with van der Waals surface area (Å²) in [4.78, 5) is 20.3. The van der Waals surface area contributed by atoms with E-state index in [1.54, 1.807) is 9.80 Å². The van der Waals surface area contributed by atoms with Crippen molar-refractivity contribution in [2.24, 2.45) is 5.92 Å². The molecule has 2 fully saturated rings. The number of halogens is 4. The van der Waals surface area contributed by atoms with E-state index in [0.29, 0.717) is 38.9 Å². The van der Waals surface area contributed by atoms with Crippen LogP contribution in [0.3, 0.4) is 0 Å². The van der Waals surface area contributed by atoms with E-state index in [0.717, 1.165) is 12.3 Å². The zero-order valence-electron chi connectivity index (χ0n) is 16.0. The van der Waals surface area contributed by atoms with Crippen LogP contribution in [0.2, 0.25) is 5.02 Å². The first-order valence-corrected chi connectivity index (χ1v) is 11.7. The molecule has 0 N–H and O–H groups in total. The number of alkyl halides is 3. The van der Waals surface area contributed by atoms with Crippen LogP contribution >= 0.6 is 11.6 Å². The summed E-state index contributed by atoms with van der Waals surface area (Å²) in [6.07, 6.45) is -2.27. The highest BCUT2D eigenvalue weighted by Crippen LogP contribution is 2.35. The average Bonchev–Trinajstić information content (AvgIpc) is 3.01. The molecular weight excluding hydrogens is 431 g/mol. The third kappa shape index (κ3) is 4.96. The van der Waals surface area contributed by atoms with E-state index in [1.807, 2.05) is 6.92 Å². The van der Waals surface area contributed by atoms with Gasteiger partial charge in [-0.05, 0) is 32.3 Å². The molecule has 0 spiro atoms. The predicted octanol–water partition coefficient (Wildman–Crippen LogP) is 3.01. The zero-order chi connectivity index (χ0) is 21.4. The van der Waals surface area contributed by atoms with Gasteiger partial charge >= 0.3 is 6.18 Å². The van der Waals surface area contributed by atoms with Gasteiger partial charge in [-0.2, -0.15) is 13.2 Å². The summed E-state index contributed by atoms with van der Waals surface area (Å²) < 4.78 is 61.8. The highest BCUT2D eigenvalue weighted by atomic mass is 35.5. The maximum absolute atomic E-state index is 12.9. The molecule has 0 unspecified atom stereocenters. The molecule has 2 aliphatic rings. The van der Waals surface area contributed by atoms with Crippen LogP contribution in [0.5, 0.6) is 0 Å². The van der Waals surface area contributed by atoms with Crippen LogP contribution in [-0.2, 0) is 20.8 Å². The van der Waals surface area contributed by atoms with Gasteiger partial charge in [0.1, 0.15) is 5.82 Å². The lowest BCUT2D eigenvalue weighted by Gasteiger charge is -2.36. The van der Waals surface area contributed by atoms with Gasteiger partial charge in [0.2, 0.25) is 5.91 Å². The summed E-state index contributed by atoms with van der Waals surface area (Å²) in [5.74, 6) is 0.0948. The Morgan fingerprint density at radius 2 is 1.97 bits per heavy atom.